The molecule has 0 aliphatic carbocycles. The molecule has 2 aromatic heterocycles. The van der Waals surface area contributed by atoms with E-state index in [4.69, 9.17) is 0 Å². The molecular weight excluding hydrogens is 382 g/mol. The molecule has 2 aromatic carbocycles. The van der Waals surface area contributed by atoms with Gasteiger partial charge >= 0.3 is 0 Å². The largest absolute Gasteiger partial charge is 0.324 e. The van der Waals surface area contributed by atoms with Crippen LogP contribution in [0.3, 0.4) is 0 Å². The van der Waals surface area contributed by atoms with Crippen molar-refractivity contribution in [3.05, 3.63) is 72.2 Å². The summed E-state index contributed by atoms with van der Waals surface area (Å²) < 4.78 is 1.99. The Morgan fingerprint density at radius 3 is 2.69 bits per heavy atom. The molecule has 0 saturated heterocycles. The van der Waals surface area contributed by atoms with Crippen molar-refractivity contribution in [1.29, 1.82) is 0 Å². The SMILES string of the molecule is Cc1ccccc1-n1c(C)nnc1SC(C)C(=O)Nc1cccc2ncccc12. The molecule has 0 bridgehead atoms. The first-order chi connectivity index (χ1) is 14.0. The molecule has 1 unspecified atom stereocenters. The minimum absolute atomic E-state index is 0.0941. The average molecular weight is 404 g/mol. The molecule has 1 N–H and O–H groups in total. The van der Waals surface area contributed by atoms with E-state index >= 15 is 0 Å². The molecule has 1 amide bonds. The van der Waals surface area contributed by atoms with Gasteiger partial charge in [0.2, 0.25) is 5.91 Å². The van der Waals surface area contributed by atoms with Gasteiger partial charge in [0.1, 0.15) is 5.82 Å². The molecule has 146 valence electrons. The molecule has 1 atom stereocenters. The number of amides is 1. The number of carbonyl (C=O) groups is 1. The predicted molar refractivity (Wildman–Crippen MR) is 117 cm³/mol. The second-order valence-corrected chi connectivity index (χ2v) is 8.08. The third-order valence-corrected chi connectivity index (χ3v) is 5.75. The number of carbonyl (C=O) groups excluding carboxylic acids is 1. The Morgan fingerprint density at radius 1 is 1.03 bits per heavy atom. The predicted octanol–water partition coefficient (Wildman–Crippen LogP) is 4.55. The number of nitrogens with one attached hydrogen (secondary N) is 1. The number of anilines is 1. The first-order valence-corrected chi connectivity index (χ1v) is 10.2. The van der Waals surface area contributed by atoms with Crippen LogP contribution in [0.25, 0.3) is 16.6 Å². The van der Waals surface area contributed by atoms with Gasteiger partial charge in [0.15, 0.2) is 5.16 Å². The number of hydrogen-bond acceptors (Lipinski definition) is 5. The van der Waals surface area contributed by atoms with E-state index in [1.165, 1.54) is 11.8 Å². The Kier molecular flexibility index (Phi) is 5.31. The van der Waals surface area contributed by atoms with Crippen molar-refractivity contribution in [2.24, 2.45) is 0 Å². The number of nitrogens with zero attached hydrogens (tertiary/aromatic N) is 4. The minimum atomic E-state index is -0.353. The van der Waals surface area contributed by atoms with Gasteiger partial charge in [-0.15, -0.1) is 10.2 Å². The standard InChI is InChI=1S/C22H21N5OS/c1-14-8-4-5-12-20(14)27-16(3)25-26-22(27)29-15(2)21(28)24-19-11-6-10-18-17(19)9-7-13-23-18/h4-13,15H,1-3H3,(H,24,28). The normalized spacial score (nSPS) is 12.1. The van der Waals surface area contributed by atoms with Gasteiger partial charge in [-0.3, -0.25) is 14.3 Å². The highest BCUT2D eigenvalue weighted by Gasteiger charge is 2.21. The van der Waals surface area contributed by atoms with E-state index in [1.807, 2.05) is 79.9 Å². The molecular formula is C22H21N5OS. The van der Waals surface area contributed by atoms with E-state index in [1.54, 1.807) is 6.20 Å². The summed E-state index contributed by atoms with van der Waals surface area (Å²) in [4.78, 5) is 17.2. The van der Waals surface area contributed by atoms with Crippen LogP contribution in [0.1, 0.15) is 18.3 Å². The van der Waals surface area contributed by atoms with Gasteiger partial charge in [-0.1, -0.05) is 36.0 Å². The summed E-state index contributed by atoms with van der Waals surface area (Å²) in [7, 11) is 0. The lowest BCUT2D eigenvalue weighted by Crippen LogP contribution is -2.23. The number of hydrogen-bond donors (Lipinski definition) is 1. The summed E-state index contributed by atoms with van der Waals surface area (Å²) in [6.45, 7) is 5.83. The molecule has 0 aliphatic rings. The Morgan fingerprint density at radius 2 is 1.86 bits per heavy atom. The van der Waals surface area contributed by atoms with E-state index < -0.39 is 0 Å². The number of pyridine rings is 1. The van der Waals surface area contributed by atoms with Crippen molar-refractivity contribution < 1.29 is 4.79 Å². The number of aryl methyl sites for hydroxylation is 2. The van der Waals surface area contributed by atoms with Crippen molar-refractivity contribution in [2.75, 3.05) is 5.32 Å². The third-order valence-electron chi connectivity index (χ3n) is 4.71. The molecule has 7 heteroatoms. The maximum absolute atomic E-state index is 12.9. The average Bonchev–Trinajstić information content (AvgIpc) is 3.08. The number of para-hydroxylation sites is 1. The summed E-state index contributed by atoms with van der Waals surface area (Å²) in [6, 6.07) is 17.6. The Bertz CT molecular complexity index is 1180. The number of thioether (sulfide) groups is 1. The summed E-state index contributed by atoms with van der Waals surface area (Å²) >= 11 is 1.39. The van der Waals surface area contributed by atoms with Crippen LogP contribution in [-0.4, -0.2) is 30.9 Å². The number of fused-ring (bicyclic) bond motifs is 1. The number of aromatic nitrogens is 4. The summed E-state index contributed by atoms with van der Waals surface area (Å²) in [6.07, 6.45) is 1.74. The quantitative estimate of drug-likeness (QED) is 0.495. The van der Waals surface area contributed by atoms with Crippen molar-refractivity contribution in [3.63, 3.8) is 0 Å². The third kappa shape index (κ3) is 3.86. The summed E-state index contributed by atoms with van der Waals surface area (Å²) in [5.41, 5.74) is 3.74. The summed E-state index contributed by atoms with van der Waals surface area (Å²) in [5.74, 6) is 0.692. The first-order valence-electron chi connectivity index (χ1n) is 9.34. The zero-order valence-corrected chi connectivity index (χ0v) is 17.3. The van der Waals surface area contributed by atoms with Crippen LogP contribution in [0, 0.1) is 13.8 Å². The smallest absolute Gasteiger partial charge is 0.237 e. The van der Waals surface area contributed by atoms with E-state index in [9.17, 15) is 4.79 Å². The molecule has 4 aromatic rings. The lowest BCUT2D eigenvalue weighted by atomic mass is 10.2. The minimum Gasteiger partial charge on any atom is -0.324 e. The molecule has 0 aliphatic heterocycles. The van der Waals surface area contributed by atoms with Gasteiger partial charge in [-0.2, -0.15) is 0 Å². The zero-order valence-electron chi connectivity index (χ0n) is 16.5. The molecule has 29 heavy (non-hydrogen) atoms. The molecule has 2 heterocycles. The van der Waals surface area contributed by atoms with Crippen LogP contribution in [0.2, 0.25) is 0 Å². The van der Waals surface area contributed by atoms with Crippen LogP contribution < -0.4 is 5.32 Å². The highest BCUT2D eigenvalue weighted by molar-refractivity contribution is 8.00. The highest BCUT2D eigenvalue weighted by Crippen LogP contribution is 2.28. The van der Waals surface area contributed by atoms with E-state index in [-0.39, 0.29) is 11.2 Å². The number of benzene rings is 2. The molecule has 0 fully saturated rings. The Labute approximate surface area is 173 Å². The van der Waals surface area contributed by atoms with Crippen molar-refractivity contribution in [2.45, 2.75) is 31.2 Å². The van der Waals surface area contributed by atoms with E-state index in [0.29, 0.717) is 5.16 Å². The monoisotopic (exact) mass is 403 g/mol. The Balaban J connectivity index is 1.57. The van der Waals surface area contributed by atoms with Crippen molar-refractivity contribution in [3.8, 4) is 5.69 Å². The zero-order chi connectivity index (χ0) is 20.4. The van der Waals surface area contributed by atoms with Crippen molar-refractivity contribution >= 4 is 34.3 Å². The van der Waals surface area contributed by atoms with Crippen molar-refractivity contribution in [1.82, 2.24) is 19.7 Å². The molecule has 0 radical (unpaired) electrons. The van der Waals surface area contributed by atoms with Gasteiger partial charge < -0.3 is 5.32 Å². The van der Waals surface area contributed by atoms with Crippen LogP contribution in [0.15, 0.2) is 66.0 Å². The van der Waals surface area contributed by atoms with Gasteiger partial charge in [-0.05, 0) is 56.7 Å². The molecule has 6 nitrogen and oxygen atoms in total. The maximum Gasteiger partial charge on any atom is 0.237 e. The first kappa shape index (κ1) is 19.1. The lowest BCUT2D eigenvalue weighted by molar-refractivity contribution is -0.115. The van der Waals surface area contributed by atoms with Gasteiger partial charge in [-0.25, -0.2) is 0 Å². The maximum atomic E-state index is 12.9. The topological polar surface area (TPSA) is 72.7 Å². The lowest BCUT2D eigenvalue weighted by Gasteiger charge is -2.15. The van der Waals surface area contributed by atoms with Crippen LogP contribution >= 0.6 is 11.8 Å². The van der Waals surface area contributed by atoms with Gasteiger partial charge in [0.25, 0.3) is 0 Å². The van der Waals surface area contributed by atoms with Crippen LogP contribution in [0.4, 0.5) is 5.69 Å². The fourth-order valence-corrected chi connectivity index (χ4v) is 4.08. The number of rotatable bonds is 5. The highest BCUT2D eigenvalue weighted by atomic mass is 32.2. The fraction of sp³-hybridized carbons (Fsp3) is 0.182. The van der Waals surface area contributed by atoms with Gasteiger partial charge in [0.05, 0.1) is 22.1 Å². The molecule has 4 rings (SSSR count). The molecule has 0 spiro atoms. The van der Waals surface area contributed by atoms with Gasteiger partial charge in [0, 0.05) is 11.6 Å². The van der Waals surface area contributed by atoms with E-state index in [0.717, 1.165) is 33.7 Å². The second-order valence-electron chi connectivity index (χ2n) is 6.78. The molecule has 0 saturated carbocycles. The fourth-order valence-electron chi connectivity index (χ4n) is 3.17. The summed E-state index contributed by atoms with van der Waals surface area (Å²) in [5, 5.41) is 12.8. The van der Waals surface area contributed by atoms with E-state index in [2.05, 4.69) is 20.5 Å². The Hall–Kier alpha value is -3.19. The van der Waals surface area contributed by atoms with Crippen LogP contribution in [0.5, 0.6) is 0 Å². The second kappa shape index (κ2) is 8.05. The van der Waals surface area contributed by atoms with Crippen LogP contribution in [-0.2, 0) is 4.79 Å².